The third-order valence-corrected chi connectivity index (χ3v) is 2.73. The molecule has 0 saturated heterocycles. The molecule has 1 saturated carbocycles. The van der Waals surface area contributed by atoms with Crippen molar-refractivity contribution in [3.05, 3.63) is 12.2 Å². The molecule has 1 heterocycles. The van der Waals surface area contributed by atoms with E-state index in [-0.39, 0.29) is 6.10 Å². The fourth-order valence-electron chi connectivity index (χ4n) is 1.93. The molecule has 2 atom stereocenters. The molecule has 5 heteroatoms. The third-order valence-electron chi connectivity index (χ3n) is 2.73. The number of hydrogen-bond acceptors (Lipinski definition) is 5. The van der Waals surface area contributed by atoms with Gasteiger partial charge in [0.25, 0.3) is 0 Å². The Kier molecular flexibility index (Phi) is 3.10. The molecule has 5 nitrogen and oxygen atoms in total. The van der Waals surface area contributed by atoms with Crippen molar-refractivity contribution in [1.82, 2.24) is 10.1 Å². The van der Waals surface area contributed by atoms with E-state index in [1.165, 1.54) is 19.2 Å². The summed E-state index contributed by atoms with van der Waals surface area (Å²) in [6.07, 6.45) is 5.07. The number of hydrogen-bond donors (Lipinski definition) is 1. The smallest absolute Gasteiger partial charge is 0.213 e. The molecule has 2 unspecified atom stereocenters. The molecule has 1 aliphatic carbocycles. The Morgan fingerprint density at radius 1 is 1.57 bits per heavy atom. The van der Waals surface area contributed by atoms with E-state index >= 15 is 0 Å². The van der Waals surface area contributed by atoms with Crippen molar-refractivity contribution in [3.8, 4) is 0 Å². The average Bonchev–Trinajstić information content (AvgIpc) is 2.85. The largest absolute Gasteiger partial charge is 0.370 e. The van der Waals surface area contributed by atoms with Gasteiger partial charge in [0.05, 0.1) is 6.10 Å². The molecule has 14 heavy (non-hydrogen) atoms. The Balaban J connectivity index is 1.80. The first-order valence-corrected chi connectivity index (χ1v) is 4.97. The number of nitrogens with zero attached hydrogens (tertiary/aromatic N) is 2. The zero-order chi connectivity index (χ0) is 9.80. The minimum Gasteiger partial charge on any atom is -0.370 e. The molecular weight excluding hydrogens is 182 g/mol. The molecule has 1 aliphatic rings. The van der Waals surface area contributed by atoms with Gasteiger partial charge in [-0.05, 0) is 25.3 Å². The molecule has 0 bridgehead atoms. The van der Waals surface area contributed by atoms with Crippen molar-refractivity contribution in [2.45, 2.75) is 32.0 Å². The highest BCUT2D eigenvalue weighted by Gasteiger charge is 2.26. The predicted molar refractivity (Wildman–Crippen MR) is 49.3 cm³/mol. The lowest BCUT2D eigenvalue weighted by Crippen LogP contribution is -2.25. The maximum atomic E-state index is 5.69. The van der Waals surface area contributed by atoms with E-state index in [2.05, 4.69) is 14.7 Å². The molecule has 2 N–H and O–H groups in total. The van der Waals surface area contributed by atoms with Gasteiger partial charge in [-0.2, -0.15) is 4.98 Å². The zero-order valence-electron chi connectivity index (χ0n) is 8.06. The molecule has 78 valence electrons. The molecule has 0 amide bonds. The molecule has 1 fully saturated rings. The summed E-state index contributed by atoms with van der Waals surface area (Å²) < 4.78 is 10.3. The van der Waals surface area contributed by atoms with Crippen LogP contribution in [0.2, 0.25) is 0 Å². The van der Waals surface area contributed by atoms with E-state index in [9.17, 15) is 0 Å². The third kappa shape index (κ3) is 2.10. The maximum absolute atomic E-state index is 5.69. The lowest BCUT2D eigenvalue weighted by Gasteiger charge is -2.17. The number of nitrogens with two attached hydrogens (primary N) is 1. The number of rotatable bonds is 4. The number of aromatic nitrogens is 2. The Morgan fingerprint density at radius 3 is 3.21 bits per heavy atom. The first-order chi connectivity index (χ1) is 6.90. The lowest BCUT2D eigenvalue weighted by atomic mass is 10.1. The first kappa shape index (κ1) is 9.61. The van der Waals surface area contributed by atoms with Crippen LogP contribution < -0.4 is 5.73 Å². The van der Waals surface area contributed by atoms with Gasteiger partial charge in [-0.3, -0.25) is 0 Å². The van der Waals surface area contributed by atoms with Crippen LogP contribution in [0.5, 0.6) is 0 Å². The molecule has 0 aromatic carbocycles. The highest BCUT2D eigenvalue weighted by Crippen LogP contribution is 2.27. The van der Waals surface area contributed by atoms with Crippen LogP contribution in [0.1, 0.15) is 25.1 Å². The number of ether oxygens (including phenoxy) is 1. The van der Waals surface area contributed by atoms with Gasteiger partial charge in [0, 0.05) is 0 Å². The Morgan fingerprint density at radius 2 is 2.50 bits per heavy atom. The molecule has 1 aromatic heterocycles. The van der Waals surface area contributed by atoms with Gasteiger partial charge >= 0.3 is 0 Å². The Bertz CT molecular complexity index is 263. The minimum atomic E-state index is 0.276. The summed E-state index contributed by atoms with van der Waals surface area (Å²) in [5.41, 5.74) is 5.64. The van der Waals surface area contributed by atoms with Crippen molar-refractivity contribution in [3.63, 3.8) is 0 Å². The maximum Gasteiger partial charge on any atom is 0.213 e. The highest BCUT2D eigenvalue weighted by molar-refractivity contribution is 4.80. The van der Waals surface area contributed by atoms with Crippen LogP contribution in [0.15, 0.2) is 10.9 Å². The molecule has 2 rings (SSSR count). The van der Waals surface area contributed by atoms with Crippen molar-refractivity contribution < 1.29 is 9.26 Å². The molecule has 0 aliphatic heterocycles. The molecule has 0 radical (unpaired) electrons. The molecule has 0 spiro atoms. The standard InChI is InChI=1S/C9H15N3O2/c10-4-7-2-1-3-8(7)13-5-9-11-6-14-12-9/h6-8H,1-5,10H2. The quantitative estimate of drug-likeness (QED) is 0.769. The summed E-state index contributed by atoms with van der Waals surface area (Å²) in [6.45, 7) is 1.13. The lowest BCUT2D eigenvalue weighted by molar-refractivity contribution is 0.0140. The van der Waals surface area contributed by atoms with Gasteiger partial charge in [0.15, 0.2) is 5.82 Å². The summed E-state index contributed by atoms with van der Waals surface area (Å²) in [6, 6.07) is 0. The second-order valence-electron chi connectivity index (χ2n) is 3.62. The van der Waals surface area contributed by atoms with Crippen LogP contribution in [-0.4, -0.2) is 22.8 Å². The van der Waals surface area contributed by atoms with Crippen LogP contribution in [0, 0.1) is 5.92 Å². The van der Waals surface area contributed by atoms with Crippen LogP contribution in [0.4, 0.5) is 0 Å². The van der Waals surface area contributed by atoms with E-state index in [0.29, 0.717) is 24.9 Å². The van der Waals surface area contributed by atoms with Gasteiger partial charge in [-0.1, -0.05) is 11.6 Å². The SMILES string of the molecule is NCC1CCCC1OCc1ncon1. The summed E-state index contributed by atoms with van der Waals surface area (Å²) in [5, 5.41) is 3.69. The van der Waals surface area contributed by atoms with Gasteiger partial charge in [0.2, 0.25) is 6.39 Å². The van der Waals surface area contributed by atoms with Gasteiger partial charge < -0.3 is 15.0 Å². The minimum absolute atomic E-state index is 0.276. The van der Waals surface area contributed by atoms with Crippen LogP contribution in [0.3, 0.4) is 0 Å². The van der Waals surface area contributed by atoms with E-state index < -0.39 is 0 Å². The first-order valence-electron chi connectivity index (χ1n) is 4.97. The highest BCUT2D eigenvalue weighted by atomic mass is 16.5. The van der Waals surface area contributed by atoms with E-state index in [1.807, 2.05) is 0 Å². The Hall–Kier alpha value is -0.940. The van der Waals surface area contributed by atoms with Crippen LogP contribution in [0.25, 0.3) is 0 Å². The van der Waals surface area contributed by atoms with Crippen molar-refractivity contribution in [2.24, 2.45) is 11.7 Å². The summed E-state index contributed by atoms with van der Waals surface area (Å²) in [5.74, 6) is 1.11. The second-order valence-corrected chi connectivity index (χ2v) is 3.62. The normalized spacial score (nSPS) is 26.9. The molecule has 1 aromatic rings. The van der Waals surface area contributed by atoms with Crippen molar-refractivity contribution in [2.75, 3.05) is 6.54 Å². The monoisotopic (exact) mass is 197 g/mol. The fraction of sp³-hybridized carbons (Fsp3) is 0.778. The van der Waals surface area contributed by atoms with Crippen molar-refractivity contribution >= 4 is 0 Å². The van der Waals surface area contributed by atoms with E-state index in [0.717, 1.165) is 6.42 Å². The van der Waals surface area contributed by atoms with E-state index in [4.69, 9.17) is 10.5 Å². The summed E-state index contributed by atoms with van der Waals surface area (Å²) in [7, 11) is 0. The second kappa shape index (κ2) is 4.52. The van der Waals surface area contributed by atoms with Gasteiger partial charge in [-0.25, -0.2) is 0 Å². The van der Waals surface area contributed by atoms with E-state index in [1.54, 1.807) is 0 Å². The van der Waals surface area contributed by atoms with Gasteiger partial charge in [-0.15, -0.1) is 0 Å². The summed E-state index contributed by atoms with van der Waals surface area (Å²) >= 11 is 0. The topological polar surface area (TPSA) is 74.2 Å². The van der Waals surface area contributed by atoms with Crippen LogP contribution >= 0.6 is 0 Å². The fourth-order valence-corrected chi connectivity index (χ4v) is 1.93. The Labute approximate surface area is 82.6 Å². The van der Waals surface area contributed by atoms with Gasteiger partial charge in [0.1, 0.15) is 6.61 Å². The molecular formula is C9H15N3O2. The predicted octanol–water partition coefficient (Wildman–Crippen LogP) is 0.714. The van der Waals surface area contributed by atoms with Crippen molar-refractivity contribution in [1.29, 1.82) is 0 Å². The van der Waals surface area contributed by atoms with Crippen LogP contribution in [-0.2, 0) is 11.3 Å². The summed E-state index contributed by atoms with van der Waals surface area (Å²) in [4.78, 5) is 3.89. The zero-order valence-corrected chi connectivity index (χ0v) is 8.06. The average molecular weight is 197 g/mol.